The molecule has 1 saturated heterocycles. The number of H-pyrrole nitrogens is 1. The first kappa shape index (κ1) is 22.5. The Balaban J connectivity index is 1.37. The number of nitrogens with zero attached hydrogens (tertiary/aromatic N) is 3. The number of anilines is 1. The number of ether oxygens (including phenoxy) is 1. The van der Waals surface area contributed by atoms with Crippen LogP contribution in [0.2, 0.25) is 0 Å². The van der Waals surface area contributed by atoms with Crippen molar-refractivity contribution in [2.45, 2.75) is 6.54 Å². The Morgan fingerprint density at radius 1 is 1.00 bits per heavy atom. The molecule has 2 bridgehead atoms. The van der Waals surface area contributed by atoms with Crippen molar-refractivity contribution < 1.29 is 29.0 Å². The molecule has 12 heteroatoms. The molecule has 1 aromatic carbocycles. The fraction of sp³-hybridized carbons (Fsp3) is 0.304. The van der Waals surface area contributed by atoms with E-state index in [1.165, 1.54) is 0 Å². The van der Waals surface area contributed by atoms with E-state index in [1.54, 1.807) is 7.11 Å². The van der Waals surface area contributed by atoms with Crippen LogP contribution in [0, 0.1) is 0 Å². The minimum absolute atomic E-state index is 0.0800. The first-order valence-corrected chi connectivity index (χ1v) is 10.9. The third-order valence-electron chi connectivity index (χ3n) is 6.41. The number of furan rings is 2. The van der Waals surface area contributed by atoms with Crippen molar-refractivity contribution in [2.75, 3.05) is 44.7 Å². The number of carboxylic acid groups (broad SMARTS) is 2. The molecule has 0 amide bonds. The quantitative estimate of drug-likeness (QED) is 0.348. The molecular formula is C23H22N4O8. The summed E-state index contributed by atoms with van der Waals surface area (Å²) < 4.78 is 11.8. The number of carbonyl (C=O) groups is 2. The topological polar surface area (TPSA) is 158 Å². The molecule has 1 fully saturated rings. The van der Waals surface area contributed by atoms with Crippen LogP contribution in [0.4, 0.5) is 5.69 Å². The van der Waals surface area contributed by atoms with Gasteiger partial charge in [0, 0.05) is 39.3 Å². The van der Waals surface area contributed by atoms with E-state index in [9.17, 15) is 29.4 Å². The zero-order valence-corrected chi connectivity index (χ0v) is 18.7. The fourth-order valence-corrected chi connectivity index (χ4v) is 4.69. The number of piperazine rings is 1. The zero-order valence-electron chi connectivity index (χ0n) is 18.7. The van der Waals surface area contributed by atoms with Gasteiger partial charge in [-0.3, -0.25) is 14.3 Å². The number of benzene rings is 2. The number of aromatic carboxylic acids is 2. The molecule has 3 aromatic heterocycles. The predicted molar refractivity (Wildman–Crippen MR) is 125 cm³/mol. The molecule has 12 nitrogen and oxygen atoms in total. The molecule has 3 N–H and O–H groups in total. The van der Waals surface area contributed by atoms with Crippen LogP contribution in [0.25, 0.3) is 22.1 Å². The summed E-state index contributed by atoms with van der Waals surface area (Å²) in [5.74, 6) is -2.25. The van der Waals surface area contributed by atoms with Crippen LogP contribution in [0.5, 0.6) is 5.75 Å². The van der Waals surface area contributed by atoms with Gasteiger partial charge in [-0.1, -0.05) is 12.1 Å². The van der Waals surface area contributed by atoms with Crippen molar-refractivity contribution in [3.63, 3.8) is 0 Å². The van der Waals surface area contributed by atoms with Gasteiger partial charge in [-0.15, -0.1) is 0 Å². The lowest BCUT2D eigenvalue weighted by Gasteiger charge is -2.36. The molecular weight excluding hydrogens is 460 g/mol. The van der Waals surface area contributed by atoms with Gasteiger partial charge in [0.05, 0.1) is 12.8 Å². The van der Waals surface area contributed by atoms with Crippen LogP contribution < -0.4 is 20.9 Å². The monoisotopic (exact) mass is 482 g/mol. The second-order valence-electron chi connectivity index (χ2n) is 8.26. The summed E-state index contributed by atoms with van der Waals surface area (Å²) in [5.41, 5.74) is -2.37. The molecule has 5 rings (SSSR count). The molecule has 1 aliphatic heterocycles. The second kappa shape index (κ2) is 8.47. The van der Waals surface area contributed by atoms with Gasteiger partial charge in [-0.25, -0.2) is 14.4 Å². The maximum absolute atomic E-state index is 13.1. The van der Waals surface area contributed by atoms with Crippen LogP contribution in [0.3, 0.4) is 0 Å². The summed E-state index contributed by atoms with van der Waals surface area (Å²) in [5, 5.41) is 18.7. The van der Waals surface area contributed by atoms with E-state index in [1.807, 2.05) is 24.3 Å². The highest BCUT2D eigenvalue weighted by atomic mass is 16.5. The number of carboxylic acids is 2. The fourth-order valence-electron chi connectivity index (χ4n) is 4.69. The Hall–Kier alpha value is -4.32. The van der Waals surface area contributed by atoms with E-state index in [4.69, 9.17) is 9.15 Å². The van der Waals surface area contributed by atoms with Crippen LogP contribution >= 0.6 is 0 Å². The highest BCUT2D eigenvalue weighted by molar-refractivity contribution is 6.22. The standard InChI is InChI=1S/C23H22N4O8/c1-34-13-5-3-2-4-12(13)26-9-6-25(7-10-26)8-11-27-20(28)16-17(24-23(27)33)19-15(22(31)32)14(21(29)30)18(16)35-19/h2-5H,6-11H2,1H3,(H,24,33)(H,29,30)(H,31,32). The molecule has 35 heavy (non-hydrogen) atoms. The van der Waals surface area contributed by atoms with Gasteiger partial charge >= 0.3 is 17.6 Å². The molecule has 0 unspecified atom stereocenters. The van der Waals surface area contributed by atoms with Gasteiger partial charge in [-0.2, -0.15) is 0 Å². The molecule has 182 valence electrons. The Kier molecular flexibility index (Phi) is 5.44. The molecule has 0 radical (unpaired) electrons. The molecule has 0 spiro atoms. The average molecular weight is 482 g/mol. The van der Waals surface area contributed by atoms with Crippen molar-refractivity contribution in [3.05, 3.63) is 56.2 Å². The molecule has 0 aliphatic carbocycles. The Morgan fingerprint density at radius 2 is 1.66 bits per heavy atom. The summed E-state index contributed by atoms with van der Waals surface area (Å²) in [6, 6.07) is 7.77. The third kappa shape index (κ3) is 3.58. The lowest BCUT2D eigenvalue weighted by molar-refractivity contribution is 0.0655. The van der Waals surface area contributed by atoms with Crippen LogP contribution in [-0.2, 0) is 6.54 Å². The predicted octanol–water partition coefficient (Wildman–Crippen LogP) is 1.10. The van der Waals surface area contributed by atoms with Crippen molar-refractivity contribution >= 4 is 39.7 Å². The smallest absolute Gasteiger partial charge is 0.340 e. The number of aromatic nitrogens is 2. The van der Waals surface area contributed by atoms with Crippen molar-refractivity contribution in [3.8, 4) is 5.75 Å². The van der Waals surface area contributed by atoms with E-state index < -0.39 is 34.3 Å². The molecule has 1 aliphatic rings. The summed E-state index contributed by atoms with van der Waals surface area (Å²) in [6.45, 7) is 3.41. The number of fused-ring (bicyclic) bond motifs is 5. The van der Waals surface area contributed by atoms with E-state index >= 15 is 0 Å². The molecule has 0 saturated carbocycles. The van der Waals surface area contributed by atoms with Crippen molar-refractivity contribution in [1.82, 2.24) is 14.5 Å². The molecule has 0 atom stereocenters. The summed E-state index contributed by atoms with van der Waals surface area (Å²) >= 11 is 0. The normalized spacial score (nSPS) is 14.7. The molecule has 4 heterocycles. The molecule has 4 aromatic rings. The number of aromatic amines is 1. The van der Waals surface area contributed by atoms with Gasteiger partial charge in [-0.05, 0) is 12.1 Å². The Labute approximate surface area is 196 Å². The number of nitrogens with one attached hydrogen (secondary N) is 1. The van der Waals surface area contributed by atoms with Crippen LogP contribution in [0.15, 0.2) is 38.3 Å². The summed E-state index contributed by atoms with van der Waals surface area (Å²) in [4.78, 5) is 55.8. The van der Waals surface area contributed by atoms with E-state index in [-0.39, 0.29) is 28.6 Å². The maximum Gasteiger partial charge on any atom is 0.340 e. The van der Waals surface area contributed by atoms with E-state index in [2.05, 4.69) is 14.8 Å². The van der Waals surface area contributed by atoms with Crippen molar-refractivity contribution in [2.24, 2.45) is 0 Å². The number of para-hydroxylation sites is 2. The Bertz CT molecular complexity index is 1560. The lowest BCUT2D eigenvalue weighted by atomic mass is 10.0. The van der Waals surface area contributed by atoms with Gasteiger partial charge in [0.15, 0.2) is 11.2 Å². The van der Waals surface area contributed by atoms with E-state index in [0.717, 1.165) is 29.1 Å². The number of rotatable bonds is 7. The first-order chi connectivity index (χ1) is 16.8. The highest BCUT2D eigenvalue weighted by Crippen LogP contribution is 2.36. The minimum atomic E-state index is -1.52. The largest absolute Gasteiger partial charge is 0.495 e. The lowest BCUT2D eigenvalue weighted by Crippen LogP contribution is -2.48. The second-order valence-corrected chi connectivity index (χ2v) is 8.26. The van der Waals surface area contributed by atoms with Crippen LogP contribution in [0.1, 0.15) is 20.7 Å². The zero-order chi connectivity index (χ0) is 24.9. The van der Waals surface area contributed by atoms with E-state index in [0.29, 0.717) is 19.6 Å². The summed E-state index contributed by atoms with van der Waals surface area (Å²) in [7, 11) is 1.63. The van der Waals surface area contributed by atoms with Crippen molar-refractivity contribution in [1.29, 1.82) is 0 Å². The SMILES string of the molecule is COc1ccccc1N1CCN(CCn2c(=O)[nH]c3c4oc(c(C(=O)O)c4C(=O)O)c3c2=O)CC1. The van der Waals surface area contributed by atoms with Gasteiger partial charge in [0.1, 0.15) is 27.8 Å². The number of hydrogen-bond donors (Lipinski definition) is 3. The third-order valence-corrected chi connectivity index (χ3v) is 6.41. The van der Waals surface area contributed by atoms with Gasteiger partial charge < -0.3 is 29.3 Å². The average Bonchev–Trinajstić information content (AvgIpc) is 3.41. The number of hydrogen-bond acceptors (Lipinski definition) is 8. The highest BCUT2D eigenvalue weighted by Gasteiger charge is 2.33. The van der Waals surface area contributed by atoms with Gasteiger partial charge in [0.2, 0.25) is 0 Å². The van der Waals surface area contributed by atoms with Gasteiger partial charge in [0.25, 0.3) is 5.56 Å². The maximum atomic E-state index is 13.1. The Morgan fingerprint density at radius 3 is 2.31 bits per heavy atom. The first-order valence-electron chi connectivity index (χ1n) is 10.9. The minimum Gasteiger partial charge on any atom is -0.495 e. The summed E-state index contributed by atoms with van der Waals surface area (Å²) in [6.07, 6.45) is 0. The number of methoxy groups -OCH3 is 1. The van der Waals surface area contributed by atoms with Crippen LogP contribution in [-0.4, -0.2) is 76.4 Å².